The molecule has 0 aliphatic carbocycles. The third-order valence-corrected chi connectivity index (χ3v) is 3.85. The Labute approximate surface area is 145 Å². The van der Waals surface area contributed by atoms with Crippen LogP contribution in [0.15, 0.2) is 60.7 Å². The van der Waals surface area contributed by atoms with E-state index in [2.05, 4.69) is 5.10 Å². The maximum Gasteiger partial charge on any atom is 0.359 e. The maximum atomic E-state index is 13.0. The van der Waals surface area contributed by atoms with Gasteiger partial charge in [0.15, 0.2) is 11.5 Å². The van der Waals surface area contributed by atoms with Gasteiger partial charge in [0.25, 0.3) is 0 Å². The molecule has 5 heteroatoms. The van der Waals surface area contributed by atoms with Gasteiger partial charge >= 0.3 is 5.97 Å². The van der Waals surface area contributed by atoms with E-state index in [1.807, 2.05) is 36.4 Å². The Bertz CT molecular complexity index is 899. The molecule has 0 fully saturated rings. The van der Waals surface area contributed by atoms with E-state index in [1.165, 1.54) is 0 Å². The summed E-state index contributed by atoms with van der Waals surface area (Å²) in [5, 5.41) is 4.37. The standard InChI is InChI=1S/C20H18N2O3/c1-3-25-20(24)18-17(19(23)15-10-6-4-7-11-15)14(2)22(21-18)16-12-8-5-9-13-16/h4-13H,3H2,1-2H3. The Hall–Kier alpha value is -3.21. The summed E-state index contributed by atoms with van der Waals surface area (Å²) >= 11 is 0. The van der Waals surface area contributed by atoms with Crippen LogP contribution < -0.4 is 0 Å². The first kappa shape index (κ1) is 16.6. The summed E-state index contributed by atoms with van der Waals surface area (Å²) in [7, 11) is 0. The van der Waals surface area contributed by atoms with Gasteiger partial charge in [-0.05, 0) is 26.0 Å². The molecule has 3 rings (SSSR count). The highest BCUT2D eigenvalue weighted by Crippen LogP contribution is 2.22. The normalized spacial score (nSPS) is 10.5. The van der Waals surface area contributed by atoms with Crippen LogP contribution in [0.1, 0.15) is 39.0 Å². The summed E-state index contributed by atoms with van der Waals surface area (Å²) < 4.78 is 6.69. The van der Waals surface area contributed by atoms with E-state index in [4.69, 9.17) is 4.74 Å². The second-order valence-corrected chi connectivity index (χ2v) is 5.47. The lowest BCUT2D eigenvalue weighted by Crippen LogP contribution is -2.12. The SMILES string of the molecule is CCOC(=O)c1nn(-c2ccccc2)c(C)c1C(=O)c1ccccc1. The number of carbonyl (C=O) groups is 2. The second-order valence-electron chi connectivity index (χ2n) is 5.47. The second kappa shape index (κ2) is 7.13. The number of carbonyl (C=O) groups excluding carboxylic acids is 2. The first-order valence-corrected chi connectivity index (χ1v) is 8.05. The lowest BCUT2D eigenvalue weighted by atomic mass is 10.0. The lowest BCUT2D eigenvalue weighted by molar-refractivity contribution is 0.0516. The molecule has 0 N–H and O–H groups in total. The minimum Gasteiger partial charge on any atom is -0.461 e. The average molecular weight is 334 g/mol. The van der Waals surface area contributed by atoms with Gasteiger partial charge in [-0.1, -0.05) is 48.5 Å². The number of ether oxygens (including phenoxy) is 1. The van der Waals surface area contributed by atoms with E-state index in [1.54, 1.807) is 42.8 Å². The van der Waals surface area contributed by atoms with Gasteiger partial charge in [-0.3, -0.25) is 4.79 Å². The Balaban J connectivity index is 2.17. The molecule has 0 radical (unpaired) electrons. The summed E-state index contributed by atoms with van der Waals surface area (Å²) in [5.74, 6) is -0.845. The smallest absolute Gasteiger partial charge is 0.359 e. The van der Waals surface area contributed by atoms with Gasteiger partial charge in [-0.2, -0.15) is 5.10 Å². The van der Waals surface area contributed by atoms with Crippen molar-refractivity contribution < 1.29 is 14.3 Å². The van der Waals surface area contributed by atoms with Gasteiger partial charge in [-0.15, -0.1) is 0 Å². The van der Waals surface area contributed by atoms with Gasteiger partial charge in [0.2, 0.25) is 0 Å². The minimum absolute atomic E-state index is 0.0389. The van der Waals surface area contributed by atoms with Crippen LogP contribution in [-0.2, 0) is 4.74 Å². The van der Waals surface area contributed by atoms with Crippen molar-refractivity contribution in [3.8, 4) is 5.69 Å². The number of benzene rings is 2. The van der Waals surface area contributed by atoms with Gasteiger partial charge < -0.3 is 4.74 Å². The third-order valence-electron chi connectivity index (χ3n) is 3.85. The molecular weight excluding hydrogens is 316 g/mol. The molecule has 126 valence electrons. The predicted molar refractivity (Wildman–Crippen MR) is 94.1 cm³/mol. The molecule has 1 heterocycles. The molecule has 25 heavy (non-hydrogen) atoms. The first-order valence-electron chi connectivity index (χ1n) is 8.05. The van der Waals surface area contributed by atoms with Crippen molar-refractivity contribution in [2.45, 2.75) is 13.8 Å². The Kier molecular flexibility index (Phi) is 4.75. The van der Waals surface area contributed by atoms with Crippen LogP contribution in [0.3, 0.4) is 0 Å². The maximum absolute atomic E-state index is 13.0. The molecule has 0 unspecified atom stereocenters. The summed E-state index contributed by atoms with van der Waals surface area (Å²) in [5.41, 5.74) is 2.19. The highest BCUT2D eigenvalue weighted by atomic mass is 16.5. The van der Waals surface area contributed by atoms with E-state index in [0.29, 0.717) is 11.3 Å². The Morgan fingerprint density at radius 1 is 1.00 bits per heavy atom. The summed E-state index contributed by atoms with van der Waals surface area (Å²) in [6.45, 7) is 3.71. The van der Waals surface area contributed by atoms with E-state index >= 15 is 0 Å². The van der Waals surface area contributed by atoms with Crippen molar-refractivity contribution in [1.82, 2.24) is 9.78 Å². The van der Waals surface area contributed by atoms with E-state index < -0.39 is 5.97 Å². The summed E-state index contributed by atoms with van der Waals surface area (Å²) in [6.07, 6.45) is 0. The fourth-order valence-corrected chi connectivity index (χ4v) is 2.67. The number of rotatable bonds is 5. The Morgan fingerprint density at radius 2 is 1.60 bits per heavy atom. The molecule has 0 aliphatic rings. The zero-order chi connectivity index (χ0) is 17.8. The zero-order valence-electron chi connectivity index (χ0n) is 14.1. The van der Waals surface area contributed by atoms with Crippen molar-refractivity contribution in [2.75, 3.05) is 6.61 Å². The van der Waals surface area contributed by atoms with Crippen LogP contribution in [0, 0.1) is 6.92 Å². The molecule has 0 atom stereocenters. The van der Waals surface area contributed by atoms with Crippen molar-refractivity contribution in [3.05, 3.63) is 83.2 Å². The van der Waals surface area contributed by atoms with Gasteiger partial charge in [0.1, 0.15) is 0 Å². The van der Waals surface area contributed by atoms with Gasteiger partial charge in [0.05, 0.1) is 23.6 Å². The largest absolute Gasteiger partial charge is 0.461 e. The summed E-state index contributed by atoms with van der Waals surface area (Å²) in [4.78, 5) is 25.3. The van der Waals surface area contributed by atoms with Crippen LogP contribution in [0.25, 0.3) is 5.69 Å². The molecule has 2 aromatic carbocycles. The Morgan fingerprint density at radius 3 is 2.20 bits per heavy atom. The number of esters is 1. The molecule has 0 spiro atoms. The highest BCUT2D eigenvalue weighted by Gasteiger charge is 2.28. The molecule has 0 saturated carbocycles. The van der Waals surface area contributed by atoms with E-state index in [-0.39, 0.29) is 23.6 Å². The van der Waals surface area contributed by atoms with Crippen LogP contribution in [-0.4, -0.2) is 28.1 Å². The molecule has 0 aliphatic heterocycles. The summed E-state index contributed by atoms with van der Waals surface area (Å²) in [6, 6.07) is 18.2. The van der Waals surface area contributed by atoms with Gasteiger partial charge in [0, 0.05) is 5.56 Å². The number of hydrogen-bond donors (Lipinski definition) is 0. The number of aromatic nitrogens is 2. The molecule has 0 amide bonds. The van der Waals surface area contributed by atoms with Crippen molar-refractivity contribution in [1.29, 1.82) is 0 Å². The third kappa shape index (κ3) is 3.21. The zero-order valence-corrected chi connectivity index (χ0v) is 14.1. The highest BCUT2D eigenvalue weighted by molar-refractivity contribution is 6.14. The fraction of sp³-hybridized carbons (Fsp3) is 0.150. The first-order chi connectivity index (χ1) is 12.1. The quantitative estimate of drug-likeness (QED) is 0.528. The lowest BCUT2D eigenvalue weighted by Gasteiger charge is -2.05. The van der Waals surface area contributed by atoms with Crippen LogP contribution >= 0.6 is 0 Å². The van der Waals surface area contributed by atoms with Crippen LogP contribution in [0.5, 0.6) is 0 Å². The molecule has 1 aromatic heterocycles. The fourth-order valence-electron chi connectivity index (χ4n) is 2.67. The number of nitrogens with zero attached hydrogens (tertiary/aromatic N) is 2. The van der Waals surface area contributed by atoms with E-state index in [9.17, 15) is 9.59 Å². The molecule has 0 saturated heterocycles. The van der Waals surface area contributed by atoms with Gasteiger partial charge in [-0.25, -0.2) is 9.48 Å². The van der Waals surface area contributed by atoms with Crippen molar-refractivity contribution >= 4 is 11.8 Å². The van der Waals surface area contributed by atoms with E-state index in [0.717, 1.165) is 5.69 Å². The molecule has 0 bridgehead atoms. The number of ketones is 1. The molecular formula is C20H18N2O3. The monoisotopic (exact) mass is 334 g/mol. The van der Waals surface area contributed by atoms with Crippen molar-refractivity contribution in [3.63, 3.8) is 0 Å². The predicted octanol–water partition coefficient (Wildman–Crippen LogP) is 3.59. The average Bonchev–Trinajstić information content (AvgIpc) is 3.00. The number of hydrogen-bond acceptors (Lipinski definition) is 4. The van der Waals surface area contributed by atoms with Crippen LogP contribution in [0.2, 0.25) is 0 Å². The minimum atomic E-state index is -0.598. The molecule has 3 aromatic rings. The van der Waals surface area contributed by atoms with Crippen molar-refractivity contribution in [2.24, 2.45) is 0 Å². The molecule has 5 nitrogen and oxygen atoms in total. The topological polar surface area (TPSA) is 61.2 Å². The van der Waals surface area contributed by atoms with Crippen LogP contribution in [0.4, 0.5) is 0 Å². The number of para-hydroxylation sites is 1.